The van der Waals surface area contributed by atoms with E-state index in [9.17, 15) is 0 Å². The fraction of sp³-hybridized carbons (Fsp3) is 0.103. The quantitative estimate of drug-likeness (QED) is 0.223. The van der Waals surface area contributed by atoms with Gasteiger partial charge in [-0.2, -0.15) is 0 Å². The molecular formula is C29H25N2+. The predicted octanol–water partition coefficient (Wildman–Crippen LogP) is 7.24. The van der Waals surface area contributed by atoms with Crippen molar-refractivity contribution in [2.75, 3.05) is 18.6 Å². The van der Waals surface area contributed by atoms with Crippen molar-refractivity contribution in [3.05, 3.63) is 115 Å². The average Bonchev–Trinajstić information content (AvgIpc) is 2.82. The van der Waals surface area contributed by atoms with E-state index in [1.807, 2.05) is 0 Å². The van der Waals surface area contributed by atoms with Gasteiger partial charge in [-0.05, 0) is 35.0 Å². The Morgan fingerprint density at radius 3 is 1.94 bits per heavy atom. The third-order valence-electron chi connectivity index (χ3n) is 6.65. The molecule has 2 heteroatoms. The Labute approximate surface area is 183 Å². The smallest absolute Gasteiger partial charge is 0.163 e. The van der Waals surface area contributed by atoms with Crippen LogP contribution in [0.2, 0.25) is 0 Å². The Kier molecular flexibility index (Phi) is 4.09. The van der Waals surface area contributed by atoms with E-state index in [2.05, 4.69) is 121 Å². The van der Waals surface area contributed by atoms with Crippen molar-refractivity contribution in [3.63, 3.8) is 0 Å². The van der Waals surface area contributed by atoms with E-state index in [0.29, 0.717) is 0 Å². The normalized spacial score (nSPS) is 18.3. The number of hydrogen-bond acceptors (Lipinski definition) is 1. The third kappa shape index (κ3) is 2.91. The molecule has 5 aromatic carbocycles. The summed E-state index contributed by atoms with van der Waals surface area (Å²) in [6.45, 7) is 1.87. The lowest BCUT2D eigenvalue weighted by atomic mass is 9.98. The summed E-state index contributed by atoms with van der Waals surface area (Å²) in [5, 5.41) is 5.18. The van der Waals surface area contributed by atoms with Crippen molar-refractivity contribution in [2.45, 2.75) is 6.54 Å². The zero-order valence-electron chi connectivity index (χ0n) is 17.7. The molecule has 1 aliphatic heterocycles. The highest BCUT2D eigenvalue weighted by Gasteiger charge is 2.36. The van der Waals surface area contributed by atoms with Crippen molar-refractivity contribution in [1.82, 2.24) is 4.48 Å². The molecule has 5 aromatic rings. The molecule has 6 rings (SSSR count). The molecule has 0 fully saturated rings. The van der Waals surface area contributed by atoms with E-state index < -0.39 is 0 Å². The zero-order chi connectivity index (χ0) is 20.8. The minimum Gasteiger partial charge on any atom is -0.292 e. The van der Waals surface area contributed by atoms with E-state index in [4.69, 9.17) is 0 Å². The van der Waals surface area contributed by atoms with Gasteiger partial charge in [-0.1, -0.05) is 84.9 Å². The van der Waals surface area contributed by atoms with Gasteiger partial charge >= 0.3 is 0 Å². The van der Waals surface area contributed by atoms with Crippen LogP contribution in [0.4, 0.5) is 17.1 Å². The van der Waals surface area contributed by atoms with Crippen LogP contribution in [0.5, 0.6) is 0 Å². The van der Waals surface area contributed by atoms with Crippen LogP contribution >= 0.6 is 0 Å². The zero-order valence-corrected chi connectivity index (χ0v) is 17.7. The molecule has 31 heavy (non-hydrogen) atoms. The minimum atomic E-state index is 0.843. The molecule has 150 valence electrons. The minimum absolute atomic E-state index is 0.843. The molecule has 0 amide bonds. The van der Waals surface area contributed by atoms with Crippen molar-refractivity contribution in [3.8, 4) is 0 Å². The Hall–Kier alpha value is -3.62. The summed E-state index contributed by atoms with van der Waals surface area (Å²) in [6, 6.07) is 39.7. The summed E-state index contributed by atoms with van der Waals surface area (Å²) in [7, 11) is 2.35. The molecular weight excluding hydrogens is 376 g/mol. The highest BCUT2D eigenvalue weighted by molar-refractivity contribution is 6.12. The first-order valence-electron chi connectivity index (χ1n) is 10.9. The molecule has 0 aliphatic carbocycles. The van der Waals surface area contributed by atoms with Gasteiger partial charge in [0.15, 0.2) is 6.67 Å². The maximum Gasteiger partial charge on any atom is 0.163 e. The molecule has 0 saturated heterocycles. The molecule has 0 spiro atoms. The summed E-state index contributed by atoms with van der Waals surface area (Å²) >= 11 is 0. The van der Waals surface area contributed by atoms with E-state index in [1.165, 1.54) is 44.2 Å². The first-order chi connectivity index (χ1) is 15.2. The fourth-order valence-corrected chi connectivity index (χ4v) is 5.15. The molecule has 2 nitrogen and oxygen atoms in total. The topological polar surface area (TPSA) is 3.24 Å². The number of nitrogens with zero attached hydrogens (tertiary/aromatic N) is 2. The van der Waals surface area contributed by atoms with E-state index in [0.717, 1.165) is 17.7 Å². The Morgan fingerprint density at radius 2 is 1.23 bits per heavy atom. The van der Waals surface area contributed by atoms with Gasteiger partial charge in [0.2, 0.25) is 0 Å². The molecule has 0 bridgehead atoms. The second kappa shape index (κ2) is 6.97. The number of anilines is 2. The SMILES string of the molecule is C[N+]1(c2ccccc2)Cc2ccccc2N(c2c3ccccc3cc3ccccc23)C1. The van der Waals surface area contributed by atoms with Crippen LogP contribution in [0.3, 0.4) is 0 Å². The highest BCUT2D eigenvalue weighted by Crippen LogP contribution is 2.44. The number of hydrogen-bond donors (Lipinski definition) is 0. The maximum atomic E-state index is 2.55. The number of quaternary nitrogens is 1. The van der Waals surface area contributed by atoms with Crippen LogP contribution in [0.1, 0.15) is 5.56 Å². The van der Waals surface area contributed by atoms with E-state index in [1.54, 1.807) is 0 Å². The first kappa shape index (κ1) is 18.2. The Bertz CT molecular complexity index is 1350. The lowest BCUT2D eigenvalue weighted by molar-refractivity contribution is 0.317. The van der Waals surface area contributed by atoms with Crippen molar-refractivity contribution >= 4 is 38.6 Å². The first-order valence-corrected chi connectivity index (χ1v) is 10.9. The van der Waals surface area contributed by atoms with Crippen LogP contribution in [0.25, 0.3) is 21.5 Å². The summed E-state index contributed by atoms with van der Waals surface area (Å²) in [4.78, 5) is 2.55. The van der Waals surface area contributed by atoms with Crippen LogP contribution in [-0.2, 0) is 6.54 Å². The van der Waals surface area contributed by atoms with Crippen molar-refractivity contribution < 1.29 is 0 Å². The third-order valence-corrected chi connectivity index (χ3v) is 6.65. The number of para-hydroxylation sites is 2. The van der Waals surface area contributed by atoms with Gasteiger partial charge in [0.05, 0.1) is 18.4 Å². The fourth-order valence-electron chi connectivity index (χ4n) is 5.15. The molecule has 0 aromatic heterocycles. The van der Waals surface area contributed by atoms with Gasteiger partial charge in [-0.15, -0.1) is 0 Å². The monoisotopic (exact) mass is 401 g/mol. The van der Waals surface area contributed by atoms with Gasteiger partial charge in [-0.3, -0.25) is 9.38 Å². The molecule has 0 N–H and O–H groups in total. The van der Waals surface area contributed by atoms with Gasteiger partial charge in [0.1, 0.15) is 12.2 Å². The van der Waals surface area contributed by atoms with Crippen LogP contribution in [0, 0.1) is 0 Å². The lowest BCUT2D eigenvalue weighted by Crippen LogP contribution is -2.54. The van der Waals surface area contributed by atoms with Crippen molar-refractivity contribution in [1.29, 1.82) is 0 Å². The summed E-state index contributed by atoms with van der Waals surface area (Å²) in [5.74, 6) is 0. The molecule has 1 aliphatic rings. The largest absolute Gasteiger partial charge is 0.292 e. The Morgan fingerprint density at radius 1 is 0.645 bits per heavy atom. The predicted molar refractivity (Wildman–Crippen MR) is 133 cm³/mol. The lowest BCUT2D eigenvalue weighted by Gasteiger charge is -2.44. The molecule has 0 radical (unpaired) electrons. The van der Waals surface area contributed by atoms with Crippen LogP contribution < -0.4 is 9.38 Å². The second-order valence-corrected chi connectivity index (χ2v) is 8.76. The van der Waals surface area contributed by atoms with E-state index in [-0.39, 0.29) is 0 Å². The van der Waals surface area contributed by atoms with E-state index >= 15 is 0 Å². The average molecular weight is 402 g/mol. The van der Waals surface area contributed by atoms with Gasteiger partial charge < -0.3 is 0 Å². The molecule has 1 atom stereocenters. The summed E-state index contributed by atoms with van der Waals surface area (Å²) in [5.41, 5.74) is 5.35. The molecule has 1 unspecified atom stereocenters. The number of fused-ring (bicyclic) bond motifs is 3. The van der Waals surface area contributed by atoms with Crippen LogP contribution in [-0.4, -0.2) is 13.7 Å². The number of rotatable bonds is 2. The van der Waals surface area contributed by atoms with Gasteiger partial charge in [0, 0.05) is 16.3 Å². The summed E-state index contributed by atoms with van der Waals surface area (Å²) < 4.78 is 0.843. The van der Waals surface area contributed by atoms with Crippen molar-refractivity contribution in [2.24, 2.45) is 0 Å². The highest BCUT2D eigenvalue weighted by atomic mass is 15.5. The Balaban J connectivity index is 1.66. The summed E-state index contributed by atoms with van der Waals surface area (Å²) in [6.07, 6.45) is 0. The maximum absolute atomic E-state index is 2.55. The van der Waals surface area contributed by atoms with Crippen LogP contribution in [0.15, 0.2) is 109 Å². The second-order valence-electron chi connectivity index (χ2n) is 8.76. The number of benzene rings is 5. The van der Waals surface area contributed by atoms with Gasteiger partial charge in [0.25, 0.3) is 0 Å². The van der Waals surface area contributed by atoms with Gasteiger partial charge in [-0.25, -0.2) is 0 Å². The molecule has 0 saturated carbocycles. The molecule has 1 heterocycles. The standard InChI is InChI=1S/C29H25N2/c1-31(25-14-3-2-4-15-25)20-24-13-7-10-18-28(24)30(21-31)29-26-16-8-5-11-22(26)19-23-12-6-9-17-27(23)29/h2-19H,20-21H2,1H3/q+1.